The van der Waals surface area contributed by atoms with Crippen LogP contribution in [0.4, 0.5) is 0 Å². The number of imidazole rings is 1. The maximum Gasteiger partial charge on any atom is 0.279 e. The maximum absolute atomic E-state index is 12.7. The molecule has 1 aromatic carbocycles. The number of aromatic nitrogens is 4. The maximum atomic E-state index is 12.7. The highest BCUT2D eigenvalue weighted by atomic mass is 16.3. The zero-order chi connectivity index (χ0) is 20.4. The SMILES string of the molecule is CCN1C(=O)C(Cn2cnc3nc[nH]c3c2=NC(=O)c2ccccc2)C1CCO. The Bertz CT molecular complexity index is 1100. The summed E-state index contributed by atoms with van der Waals surface area (Å²) >= 11 is 0. The Morgan fingerprint density at radius 1 is 1.28 bits per heavy atom. The number of aliphatic hydroxyl groups is 1. The predicted molar refractivity (Wildman–Crippen MR) is 105 cm³/mol. The van der Waals surface area contributed by atoms with Crippen LogP contribution < -0.4 is 5.49 Å². The normalized spacial score (nSPS) is 19.6. The van der Waals surface area contributed by atoms with Crippen LogP contribution >= 0.6 is 0 Å². The number of aromatic amines is 1. The van der Waals surface area contributed by atoms with Gasteiger partial charge < -0.3 is 19.6 Å². The second-order valence-electron chi connectivity index (χ2n) is 6.92. The molecule has 0 saturated carbocycles. The first kappa shape index (κ1) is 19.0. The van der Waals surface area contributed by atoms with E-state index in [1.807, 2.05) is 13.0 Å². The van der Waals surface area contributed by atoms with E-state index in [9.17, 15) is 14.7 Å². The second kappa shape index (κ2) is 7.96. The third-order valence-corrected chi connectivity index (χ3v) is 5.29. The molecule has 0 bridgehead atoms. The third-order valence-electron chi connectivity index (χ3n) is 5.29. The largest absolute Gasteiger partial charge is 0.396 e. The minimum Gasteiger partial charge on any atom is -0.396 e. The summed E-state index contributed by atoms with van der Waals surface area (Å²) in [6, 6.07) is 8.75. The molecule has 150 valence electrons. The summed E-state index contributed by atoms with van der Waals surface area (Å²) in [5.74, 6) is -0.651. The molecule has 2 unspecified atom stereocenters. The summed E-state index contributed by atoms with van der Waals surface area (Å²) in [4.78, 5) is 42.7. The second-order valence-corrected chi connectivity index (χ2v) is 6.92. The van der Waals surface area contributed by atoms with Gasteiger partial charge in [0.2, 0.25) is 5.91 Å². The molecule has 1 aliphatic rings. The van der Waals surface area contributed by atoms with Gasteiger partial charge in [0.25, 0.3) is 5.91 Å². The van der Waals surface area contributed by atoms with E-state index in [1.54, 1.807) is 40.1 Å². The summed E-state index contributed by atoms with van der Waals surface area (Å²) in [6.07, 6.45) is 3.56. The predicted octanol–water partition coefficient (Wildman–Crippen LogP) is 0.730. The summed E-state index contributed by atoms with van der Waals surface area (Å²) < 4.78 is 1.71. The number of benzene rings is 1. The van der Waals surface area contributed by atoms with Crippen molar-refractivity contribution in [2.24, 2.45) is 10.9 Å². The molecule has 2 aromatic heterocycles. The van der Waals surface area contributed by atoms with Crippen LogP contribution in [0, 0.1) is 5.92 Å². The number of hydrogen-bond acceptors (Lipinski definition) is 5. The van der Waals surface area contributed by atoms with Crippen molar-refractivity contribution in [3.05, 3.63) is 54.0 Å². The van der Waals surface area contributed by atoms with E-state index in [4.69, 9.17) is 0 Å². The number of H-pyrrole nitrogens is 1. The van der Waals surface area contributed by atoms with Crippen molar-refractivity contribution in [2.45, 2.75) is 25.9 Å². The van der Waals surface area contributed by atoms with E-state index in [2.05, 4.69) is 19.9 Å². The van der Waals surface area contributed by atoms with Gasteiger partial charge in [0.15, 0.2) is 11.1 Å². The molecule has 2 amide bonds. The molecule has 2 atom stereocenters. The fraction of sp³-hybridized carbons (Fsp3) is 0.350. The molecule has 9 nitrogen and oxygen atoms in total. The van der Waals surface area contributed by atoms with Gasteiger partial charge in [0.1, 0.15) is 5.52 Å². The number of amides is 2. The average Bonchev–Trinajstić information content (AvgIpc) is 3.23. The van der Waals surface area contributed by atoms with Crippen LogP contribution in [-0.2, 0) is 11.3 Å². The van der Waals surface area contributed by atoms with E-state index in [1.165, 1.54) is 6.33 Å². The molecule has 1 fully saturated rings. The van der Waals surface area contributed by atoms with Crippen LogP contribution in [0.2, 0.25) is 0 Å². The smallest absolute Gasteiger partial charge is 0.279 e. The van der Waals surface area contributed by atoms with E-state index < -0.39 is 0 Å². The Kier molecular flexibility index (Phi) is 5.22. The quantitative estimate of drug-likeness (QED) is 0.598. The van der Waals surface area contributed by atoms with Crippen molar-refractivity contribution in [3.8, 4) is 0 Å². The standard InChI is InChI=1S/C20H22N6O3/c1-2-26-15(8-9-27)14(20(26)29)10-25-12-23-17-16(21-11-22-17)18(25)24-19(28)13-6-4-3-5-7-13/h3-7,11-12,14-15,27H,2,8-10H2,1H3,(H,21,22). The monoisotopic (exact) mass is 394 g/mol. The lowest BCUT2D eigenvalue weighted by Gasteiger charge is -2.47. The lowest BCUT2D eigenvalue weighted by Crippen LogP contribution is -2.62. The molecular weight excluding hydrogens is 372 g/mol. The topological polar surface area (TPSA) is 116 Å². The number of β-lactam (4-membered cyclic amide) rings is 1. The van der Waals surface area contributed by atoms with Gasteiger partial charge in [-0.25, -0.2) is 9.97 Å². The molecular formula is C20H22N6O3. The number of carbonyl (C=O) groups is 2. The molecule has 1 saturated heterocycles. The zero-order valence-corrected chi connectivity index (χ0v) is 16.0. The number of fused-ring (bicyclic) bond motifs is 1. The minimum absolute atomic E-state index is 0.0111. The summed E-state index contributed by atoms with van der Waals surface area (Å²) in [5, 5.41) is 9.36. The first-order chi connectivity index (χ1) is 14.1. The lowest BCUT2D eigenvalue weighted by atomic mass is 9.85. The third kappa shape index (κ3) is 3.44. The molecule has 1 aliphatic heterocycles. The van der Waals surface area contributed by atoms with Gasteiger partial charge in [-0.1, -0.05) is 18.2 Å². The van der Waals surface area contributed by atoms with E-state index in [0.29, 0.717) is 41.7 Å². The number of rotatable bonds is 6. The molecule has 0 aliphatic carbocycles. The van der Waals surface area contributed by atoms with Gasteiger partial charge in [-0.05, 0) is 25.5 Å². The fourth-order valence-electron chi connectivity index (χ4n) is 3.83. The molecule has 29 heavy (non-hydrogen) atoms. The Morgan fingerprint density at radius 2 is 2.07 bits per heavy atom. The van der Waals surface area contributed by atoms with Crippen molar-refractivity contribution in [1.29, 1.82) is 0 Å². The number of nitrogens with zero attached hydrogens (tertiary/aromatic N) is 5. The van der Waals surface area contributed by atoms with Crippen LogP contribution in [0.1, 0.15) is 23.7 Å². The molecule has 3 heterocycles. The number of hydrogen-bond donors (Lipinski definition) is 2. The van der Waals surface area contributed by atoms with Crippen LogP contribution in [0.5, 0.6) is 0 Å². The molecule has 0 spiro atoms. The van der Waals surface area contributed by atoms with Gasteiger partial charge in [-0.15, -0.1) is 0 Å². The fourth-order valence-corrected chi connectivity index (χ4v) is 3.83. The van der Waals surface area contributed by atoms with E-state index in [0.717, 1.165) is 0 Å². The van der Waals surface area contributed by atoms with Crippen molar-refractivity contribution in [3.63, 3.8) is 0 Å². The Balaban J connectivity index is 1.74. The zero-order valence-electron chi connectivity index (χ0n) is 16.0. The van der Waals surface area contributed by atoms with Gasteiger partial charge in [0, 0.05) is 31.3 Å². The van der Waals surface area contributed by atoms with Gasteiger partial charge in [-0.2, -0.15) is 4.99 Å². The number of nitrogens with one attached hydrogen (secondary N) is 1. The molecule has 2 N–H and O–H groups in total. The first-order valence-corrected chi connectivity index (χ1v) is 9.58. The van der Waals surface area contributed by atoms with Crippen molar-refractivity contribution >= 4 is 23.0 Å². The summed E-state index contributed by atoms with van der Waals surface area (Å²) in [7, 11) is 0. The molecule has 3 aromatic rings. The van der Waals surface area contributed by atoms with Crippen LogP contribution in [0.25, 0.3) is 11.2 Å². The van der Waals surface area contributed by atoms with Crippen LogP contribution in [-0.4, -0.2) is 60.5 Å². The highest BCUT2D eigenvalue weighted by molar-refractivity contribution is 5.95. The van der Waals surface area contributed by atoms with Crippen LogP contribution in [0.15, 0.2) is 48.0 Å². The number of likely N-dealkylation sites (tertiary alicyclic amines) is 1. The first-order valence-electron chi connectivity index (χ1n) is 9.58. The Morgan fingerprint density at radius 3 is 2.79 bits per heavy atom. The van der Waals surface area contributed by atoms with E-state index in [-0.39, 0.29) is 30.4 Å². The molecule has 4 rings (SSSR count). The minimum atomic E-state index is -0.386. The van der Waals surface area contributed by atoms with Crippen LogP contribution in [0.3, 0.4) is 0 Å². The molecule has 0 radical (unpaired) electrons. The lowest BCUT2D eigenvalue weighted by molar-refractivity contribution is -0.157. The van der Waals surface area contributed by atoms with Crippen molar-refractivity contribution < 1.29 is 14.7 Å². The highest BCUT2D eigenvalue weighted by Gasteiger charge is 2.45. The molecule has 9 heteroatoms. The number of carbonyl (C=O) groups excluding carboxylic acids is 2. The van der Waals surface area contributed by atoms with Gasteiger partial charge in [-0.3, -0.25) is 9.59 Å². The van der Waals surface area contributed by atoms with Crippen molar-refractivity contribution in [1.82, 2.24) is 24.4 Å². The summed E-state index contributed by atoms with van der Waals surface area (Å²) in [6.45, 7) is 2.86. The Hall–Kier alpha value is -3.33. The Labute approximate surface area is 166 Å². The van der Waals surface area contributed by atoms with E-state index >= 15 is 0 Å². The van der Waals surface area contributed by atoms with Crippen molar-refractivity contribution in [2.75, 3.05) is 13.2 Å². The summed E-state index contributed by atoms with van der Waals surface area (Å²) in [5.41, 5.74) is 1.84. The average molecular weight is 394 g/mol. The number of aliphatic hydroxyl groups excluding tert-OH is 1. The highest BCUT2D eigenvalue weighted by Crippen LogP contribution is 2.29. The van der Waals surface area contributed by atoms with Gasteiger partial charge in [0.05, 0.1) is 18.6 Å². The van der Waals surface area contributed by atoms with Gasteiger partial charge >= 0.3 is 0 Å².